The molecule has 1 N–H and O–H groups in total. The van der Waals surface area contributed by atoms with Gasteiger partial charge in [-0.05, 0) is 37.6 Å². The summed E-state index contributed by atoms with van der Waals surface area (Å²) in [5.74, 6) is 0. The van der Waals surface area contributed by atoms with Gasteiger partial charge < -0.3 is 4.90 Å². The molecule has 0 saturated heterocycles. The van der Waals surface area contributed by atoms with Crippen LogP contribution in [-0.4, -0.2) is 42.0 Å². The van der Waals surface area contributed by atoms with Gasteiger partial charge in [-0.3, -0.25) is 4.55 Å². The molecule has 0 radical (unpaired) electrons. The van der Waals surface area contributed by atoms with Gasteiger partial charge >= 0.3 is 10.4 Å². The van der Waals surface area contributed by atoms with Gasteiger partial charge in [0.15, 0.2) is 0 Å². The van der Waals surface area contributed by atoms with Crippen LogP contribution in [0.4, 0.5) is 16.5 Å². The fraction of sp³-hybridized carbons (Fsp3) is 0.385. The van der Waals surface area contributed by atoms with Crippen molar-refractivity contribution in [1.29, 1.82) is 0 Å². The quantitative estimate of drug-likeness (QED) is 0.409. The average molecular weight is 371 g/mol. The molecule has 1 heterocycles. The number of rotatable bonds is 9. The van der Waals surface area contributed by atoms with Crippen molar-refractivity contribution in [2.75, 3.05) is 24.6 Å². The Morgan fingerprint density at radius 2 is 2.04 bits per heavy atom. The molecule has 9 nitrogen and oxygen atoms in total. The van der Waals surface area contributed by atoms with E-state index in [-0.39, 0.29) is 6.61 Å². The highest BCUT2D eigenvalue weighted by Gasteiger charge is 2.07. The molecular formula is C13H17N5O4S2. The van der Waals surface area contributed by atoms with E-state index in [1.807, 2.05) is 31.2 Å². The second-order valence-corrected chi connectivity index (χ2v) is 6.47. The molecule has 2 rings (SSSR count). The fourth-order valence-corrected chi connectivity index (χ4v) is 2.62. The van der Waals surface area contributed by atoms with E-state index < -0.39 is 10.4 Å². The second kappa shape index (κ2) is 8.78. The van der Waals surface area contributed by atoms with Crippen LogP contribution in [0.25, 0.3) is 0 Å². The van der Waals surface area contributed by atoms with E-state index in [9.17, 15) is 8.42 Å². The predicted molar refractivity (Wildman–Crippen MR) is 90.5 cm³/mol. The zero-order chi connectivity index (χ0) is 17.4. The largest absolute Gasteiger partial charge is 0.397 e. The molecule has 0 saturated carbocycles. The van der Waals surface area contributed by atoms with Crippen LogP contribution in [0.15, 0.2) is 40.8 Å². The van der Waals surface area contributed by atoms with Crippen molar-refractivity contribution in [3.05, 3.63) is 30.6 Å². The molecule has 0 aliphatic carbocycles. The molecule has 0 fully saturated rings. The van der Waals surface area contributed by atoms with E-state index in [0.29, 0.717) is 23.8 Å². The average Bonchev–Trinajstić information content (AvgIpc) is 3.06. The van der Waals surface area contributed by atoms with Crippen LogP contribution in [0, 0.1) is 0 Å². The first kappa shape index (κ1) is 18.4. The van der Waals surface area contributed by atoms with Crippen molar-refractivity contribution in [2.24, 2.45) is 10.2 Å². The Bertz CT molecular complexity index is 747. The smallest absolute Gasteiger partial charge is 0.372 e. The molecule has 0 atom stereocenters. The first-order valence-corrected chi connectivity index (χ1v) is 9.27. The molecule has 0 unspecified atom stereocenters. The first-order chi connectivity index (χ1) is 11.5. The zero-order valence-corrected chi connectivity index (χ0v) is 14.6. The number of nitrogens with zero attached hydrogens (tertiary/aromatic N) is 5. The molecule has 1 aromatic heterocycles. The van der Waals surface area contributed by atoms with Gasteiger partial charge in [-0.25, -0.2) is 9.17 Å². The van der Waals surface area contributed by atoms with Crippen molar-refractivity contribution in [3.8, 4) is 0 Å². The van der Waals surface area contributed by atoms with Crippen LogP contribution in [-0.2, 0) is 14.6 Å². The Hall–Kier alpha value is -1.95. The third-order valence-corrected chi connectivity index (χ3v) is 4.02. The second-order valence-electron chi connectivity index (χ2n) is 4.62. The topological polar surface area (TPSA) is 117 Å². The summed E-state index contributed by atoms with van der Waals surface area (Å²) in [6.45, 7) is 3.27. The molecule has 11 heteroatoms. The lowest BCUT2D eigenvalue weighted by Crippen LogP contribution is -2.25. The Labute approximate surface area is 144 Å². The van der Waals surface area contributed by atoms with Crippen LogP contribution in [0.1, 0.15) is 13.3 Å². The maximum atomic E-state index is 10.5. The molecule has 0 aliphatic heterocycles. The minimum absolute atomic E-state index is 0.0660. The van der Waals surface area contributed by atoms with E-state index in [1.54, 1.807) is 0 Å². The monoisotopic (exact) mass is 371 g/mol. The van der Waals surface area contributed by atoms with Gasteiger partial charge in [0, 0.05) is 30.3 Å². The molecule has 130 valence electrons. The lowest BCUT2D eigenvalue weighted by molar-refractivity contribution is 0.266. The van der Waals surface area contributed by atoms with Gasteiger partial charge in [-0.15, -0.1) is 10.2 Å². The lowest BCUT2D eigenvalue weighted by Gasteiger charge is -2.22. The molecule has 2 aromatic rings. The molecule has 0 amide bonds. The van der Waals surface area contributed by atoms with Crippen molar-refractivity contribution in [3.63, 3.8) is 0 Å². The molecule has 0 aliphatic rings. The summed E-state index contributed by atoms with van der Waals surface area (Å²) in [4.78, 5) is 5.97. The van der Waals surface area contributed by atoms with E-state index in [4.69, 9.17) is 4.55 Å². The minimum Gasteiger partial charge on any atom is -0.372 e. The lowest BCUT2D eigenvalue weighted by atomic mass is 10.2. The standard InChI is InChI=1S/C13H17N5O4S2/c1-2-18(8-3-9-22-24(19,20)21)12-6-4-11(5-7-12)16-17-13-14-10-15-23-13/h4-7,10H,2-3,8-9H2,1H3,(H,19,20,21). The van der Waals surface area contributed by atoms with Crippen LogP contribution >= 0.6 is 11.5 Å². The Morgan fingerprint density at radius 3 is 2.62 bits per heavy atom. The SMILES string of the molecule is CCN(CCCOS(=O)(=O)O)c1ccc(N=Nc2ncns2)cc1. The van der Waals surface area contributed by atoms with Gasteiger partial charge in [-0.1, -0.05) is 0 Å². The number of hydrogen-bond donors (Lipinski definition) is 1. The summed E-state index contributed by atoms with van der Waals surface area (Å²) in [6.07, 6.45) is 1.89. The van der Waals surface area contributed by atoms with E-state index in [1.165, 1.54) is 6.33 Å². The summed E-state index contributed by atoms with van der Waals surface area (Å²) in [6, 6.07) is 7.47. The maximum absolute atomic E-state index is 10.5. The van der Waals surface area contributed by atoms with Gasteiger partial charge in [0.05, 0.1) is 12.3 Å². The predicted octanol–water partition coefficient (Wildman–Crippen LogP) is 2.99. The number of benzene rings is 1. The first-order valence-electron chi connectivity index (χ1n) is 7.13. The number of hydrogen-bond acceptors (Lipinski definition) is 9. The van der Waals surface area contributed by atoms with Crippen molar-refractivity contribution in [1.82, 2.24) is 9.36 Å². The Balaban J connectivity index is 1.89. The summed E-state index contributed by atoms with van der Waals surface area (Å²) in [5, 5.41) is 8.55. The summed E-state index contributed by atoms with van der Waals surface area (Å²) in [5.41, 5.74) is 1.67. The van der Waals surface area contributed by atoms with E-state index >= 15 is 0 Å². The molecule has 24 heavy (non-hydrogen) atoms. The van der Waals surface area contributed by atoms with Crippen LogP contribution in [0.5, 0.6) is 0 Å². The van der Waals surface area contributed by atoms with E-state index in [0.717, 1.165) is 23.8 Å². The highest BCUT2D eigenvalue weighted by Crippen LogP contribution is 2.22. The molecule has 0 spiro atoms. The Morgan fingerprint density at radius 1 is 1.29 bits per heavy atom. The van der Waals surface area contributed by atoms with Crippen LogP contribution in [0.2, 0.25) is 0 Å². The molecule has 0 bridgehead atoms. The van der Waals surface area contributed by atoms with Gasteiger partial charge in [-0.2, -0.15) is 12.8 Å². The van der Waals surface area contributed by atoms with Gasteiger partial charge in [0.2, 0.25) is 5.13 Å². The highest BCUT2D eigenvalue weighted by molar-refractivity contribution is 7.80. The van der Waals surface area contributed by atoms with Gasteiger partial charge in [0.1, 0.15) is 6.33 Å². The van der Waals surface area contributed by atoms with Crippen LogP contribution in [0.3, 0.4) is 0 Å². The minimum atomic E-state index is -4.37. The van der Waals surface area contributed by atoms with Gasteiger partial charge in [0.25, 0.3) is 0 Å². The fourth-order valence-electron chi connectivity index (χ4n) is 1.93. The normalized spacial score (nSPS) is 11.9. The third-order valence-electron chi connectivity index (χ3n) is 3.00. The number of aromatic nitrogens is 2. The maximum Gasteiger partial charge on any atom is 0.397 e. The van der Waals surface area contributed by atoms with Crippen molar-refractivity contribution < 1.29 is 17.2 Å². The summed E-state index contributed by atoms with van der Waals surface area (Å²) < 4.78 is 37.7. The number of azo groups is 1. The van der Waals surface area contributed by atoms with Crippen molar-refractivity contribution in [2.45, 2.75) is 13.3 Å². The van der Waals surface area contributed by atoms with Crippen molar-refractivity contribution >= 4 is 38.4 Å². The number of anilines is 1. The Kier molecular flexibility index (Phi) is 6.73. The highest BCUT2D eigenvalue weighted by atomic mass is 32.3. The molecule has 1 aromatic carbocycles. The summed E-state index contributed by atoms with van der Waals surface area (Å²) >= 11 is 1.16. The third kappa shape index (κ3) is 6.28. The molecular weight excluding hydrogens is 354 g/mol. The van der Waals surface area contributed by atoms with Crippen LogP contribution < -0.4 is 4.90 Å². The summed E-state index contributed by atoms with van der Waals surface area (Å²) in [7, 11) is -4.37. The van der Waals surface area contributed by atoms with E-state index in [2.05, 4.69) is 28.7 Å². The zero-order valence-electron chi connectivity index (χ0n) is 12.9.